The summed E-state index contributed by atoms with van der Waals surface area (Å²) in [5, 5.41) is 9.47. The first-order chi connectivity index (χ1) is 8.63. The van der Waals surface area contributed by atoms with Gasteiger partial charge >= 0.3 is 5.97 Å². The topological polar surface area (TPSA) is 55.8 Å². The summed E-state index contributed by atoms with van der Waals surface area (Å²) >= 11 is 0. The maximum Gasteiger partial charge on any atom is 0.334 e. The number of carbonyl (C=O) groups excluding carboxylic acids is 1. The maximum absolute atomic E-state index is 11.0. The zero-order chi connectivity index (χ0) is 13.4. The number of benzene rings is 1. The Balaban J connectivity index is 2.21. The van der Waals surface area contributed by atoms with Crippen molar-refractivity contribution in [3.8, 4) is 0 Å². The molecule has 0 saturated heterocycles. The van der Waals surface area contributed by atoms with Gasteiger partial charge in [0.25, 0.3) is 0 Å². The van der Waals surface area contributed by atoms with Gasteiger partial charge in [0.2, 0.25) is 0 Å². The molecule has 0 bridgehead atoms. The lowest BCUT2D eigenvalue weighted by Crippen LogP contribution is -2.25. The molecule has 0 aliphatic rings. The van der Waals surface area contributed by atoms with Crippen molar-refractivity contribution >= 4 is 5.97 Å². The lowest BCUT2D eigenvalue weighted by Gasteiger charge is -2.15. The molecule has 0 aliphatic carbocycles. The predicted octanol–water partition coefficient (Wildman–Crippen LogP) is 1.76. The molecule has 0 saturated carbocycles. The van der Waals surface area contributed by atoms with Crippen molar-refractivity contribution in [2.45, 2.75) is 26.1 Å². The van der Waals surface area contributed by atoms with E-state index in [2.05, 4.69) is 4.74 Å². The third-order valence-electron chi connectivity index (χ3n) is 2.61. The number of esters is 1. The van der Waals surface area contributed by atoms with Crippen LogP contribution in [0.1, 0.15) is 18.9 Å². The number of hydrogen-bond donors (Lipinski definition) is 1. The minimum Gasteiger partial charge on any atom is -0.467 e. The van der Waals surface area contributed by atoms with E-state index in [1.54, 1.807) is 0 Å². The van der Waals surface area contributed by atoms with E-state index in [-0.39, 0.29) is 5.92 Å². The molecule has 1 aromatic carbocycles. The third kappa shape index (κ3) is 5.29. The van der Waals surface area contributed by atoms with E-state index >= 15 is 0 Å². The summed E-state index contributed by atoms with van der Waals surface area (Å²) in [5.41, 5.74) is 1.11. The molecule has 100 valence electrons. The van der Waals surface area contributed by atoms with Crippen molar-refractivity contribution in [2.24, 2.45) is 5.92 Å². The van der Waals surface area contributed by atoms with E-state index in [9.17, 15) is 9.90 Å². The molecule has 1 aromatic rings. The van der Waals surface area contributed by atoms with Crippen molar-refractivity contribution in [3.63, 3.8) is 0 Å². The summed E-state index contributed by atoms with van der Waals surface area (Å²) in [6.07, 6.45) is -0.716. The van der Waals surface area contributed by atoms with Crippen LogP contribution in [0.25, 0.3) is 0 Å². The average molecular weight is 252 g/mol. The molecular weight excluding hydrogens is 232 g/mol. The van der Waals surface area contributed by atoms with Crippen molar-refractivity contribution in [2.75, 3.05) is 13.7 Å². The minimum absolute atomic E-state index is 0.0998. The van der Waals surface area contributed by atoms with E-state index in [1.807, 2.05) is 37.3 Å². The van der Waals surface area contributed by atoms with Crippen molar-refractivity contribution in [1.29, 1.82) is 0 Å². The van der Waals surface area contributed by atoms with Gasteiger partial charge in [-0.15, -0.1) is 0 Å². The van der Waals surface area contributed by atoms with Gasteiger partial charge in [-0.2, -0.15) is 0 Å². The monoisotopic (exact) mass is 252 g/mol. The highest BCUT2D eigenvalue weighted by Crippen LogP contribution is 2.09. The van der Waals surface area contributed by atoms with Crippen LogP contribution in [0.5, 0.6) is 0 Å². The fourth-order valence-electron chi connectivity index (χ4n) is 1.63. The van der Waals surface area contributed by atoms with E-state index in [0.29, 0.717) is 19.6 Å². The van der Waals surface area contributed by atoms with Gasteiger partial charge in [-0.05, 0) is 17.9 Å². The first kappa shape index (κ1) is 14.7. The van der Waals surface area contributed by atoms with Crippen LogP contribution < -0.4 is 0 Å². The Hall–Kier alpha value is -1.39. The smallest absolute Gasteiger partial charge is 0.334 e. The Morgan fingerprint density at radius 2 is 2.00 bits per heavy atom. The van der Waals surface area contributed by atoms with Gasteiger partial charge in [0, 0.05) is 6.61 Å². The lowest BCUT2D eigenvalue weighted by atomic mass is 10.1. The van der Waals surface area contributed by atoms with E-state index in [4.69, 9.17) is 4.74 Å². The molecule has 4 heteroatoms. The number of ether oxygens (including phenoxy) is 2. The Morgan fingerprint density at radius 1 is 1.33 bits per heavy atom. The van der Waals surface area contributed by atoms with Crippen molar-refractivity contribution < 1.29 is 19.4 Å². The van der Waals surface area contributed by atoms with E-state index < -0.39 is 12.1 Å². The number of rotatable bonds is 7. The van der Waals surface area contributed by atoms with Crippen LogP contribution >= 0.6 is 0 Å². The largest absolute Gasteiger partial charge is 0.467 e. The summed E-state index contributed by atoms with van der Waals surface area (Å²) in [6.45, 7) is 2.97. The SMILES string of the molecule is COC(=O)C(O)C[C@@H](C)COCc1ccccc1. The van der Waals surface area contributed by atoms with Gasteiger partial charge in [0.05, 0.1) is 13.7 Å². The molecule has 2 atom stereocenters. The molecule has 0 spiro atoms. The summed E-state index contributed by atoms with van der Waals surface area (Å²) in [6, 6.07) is 9.87. The highest BCUT2D eigenvalue weighted by Gasteiger charge is 2.18. The fraction of sp³-hybridized carbons (Fsp3) is 0.500. The third-order valence-corrected chi connectivity index (χ3v) is 2.61. The van der Waals surface area contributed by atoms with Crippen LogP contribution in [-0.4, -0.2) is 30.9 Å². The lowest BCUT2D eigenvalue weighted by molar-refractivity contribution is -0.151. The van der Waals surface area contributed by atoms with Gasteiger partial charge in [-0.25, -0.2) is 4.79 Å². The highest BCUT2D eigenvalue weighted by molar-refractivity contribution is 5.74. The first-order valence-electron chi connectivity index (χ1n) is 6.01. The zero-order valence-corrected chi connectivity index (χ0v) is 10.8. The van der Waals surface area contributed by atoms with Crippen molar-refractivity contribution in [3.05, 3.63) is 35.9 Å². The molecule has 0 heterocycles. The van der Waals surface area contributed by atoms with Gasteiger partial charge < -0.3 is 14.6 Å². The van der Waals surface area contributed by atoms with E-state index in [0.717, 1.165) is 5.56 Å². The highest BCUT2D eigenvalue weighted by atomic mass is 16.5. The van der Waals surface area contributed by atoms with Crippen LogP contribution in [0.2, 0.25) is 0 Å². The Labute approximate surface area is 108 Å². The van der Waals surface area contributed by atoms with E-state index in [1.165, 1.54) is 7.11 Å². The second-order valence-electron chi connectivity index (χ2n) is 4.38. The van der Waals surface area contributed by atoms with Gasteiger partial charge in [-0.1, -0.05) is 37.3 Å². The quantitative estimate of drug-likeness (QED) is 0.751. The molecule has 1 N–H and O–H groups in total. The van der Waals surface area contributed by atoms with Gasteiger partial charge in [0.1, 0.15) is 0 Å². The standard InChI is InChI=1S/C14H20O4/c1-11(8-13(15)14(16)17-2)9-18-10-12-6-4-3-5-7-12/h3-7,11,13,15H,8-10H2,1-2H3/t11-,13?/m1/s1. The Morgan fingerprint density at radius 3 is 2.61 bits per heavy atom. The van der Waals surface area contributed by atoms with Crippen molar-refractivity contribution in [1.82, 2.24) is 0 Å². The van der Waals surface area contributed by atoms with Crippen LogP contribution in [0.3, 0.4) is 0 Å². The zero-order valence-electron chi connectivity index (χ0n) is 10.8. The average Bonchev–Trinajstić information content (AvgIpc) is 2.38. The number of methoxy groups -OCH3 is 1. The summed E-state index contributed by atoms with van der Waals surface area (Å²) in [4.78, 5) is 11.0. The summed E-state index contributed by atoms with van der Waals surface area (Å²) < 4.78 is 9.99. The molecule has 4 nitrogen and oxygen atoms in total. The van der Waals surface area contributed by atoms with Crippen LogP contribution in [-0.2, 0) is 20.9 Å². The molecule has 0 aliphatic heterocycles. The predicted molar refractivity (Wildman–Crippen MR) is 67.9 cm³/mol. The molecule has 1 unspecified atom stereocenters. The molecule has 0 aromatic heterocycles. The number of aliphatic hydroxyl groups excluding tert-OH is 1. The molecular formula is C14H20O4. The second-order valence-corrected chi connectivity index (χ2v) is 4.38. The minimum atomic E-state index is -1.06. The molecule has 18 heavy (non-hydrogen) atoms. The fourth-order valence-corrected chi connectivity index (χ4v) is 1.63. The maximum atomic E-state index is 11.0. The number of aliphatic hydroxyl groups is 1. The Bertz CT molecular complexity index is 350. The normalized spacial score (nSPS) is 13.9. The summed E-state index contributed by atoms with van der Waals surface area (Å²) in [7, 11) is 1.27. The molecule has 1 rings (SSSR count). The van der Waals surface area contributed by atoms with Crippen LogP contribution in [0.4, 0.5) is 0 Å². The molecule has 0 radical (unpaired) electrons. The molecule has 0 amide bonds. The van der Waals surface area contributed by atoms with Gasteiger partial charge in [-0.3, -0.25) is 0 Å². The first-order valence-corrected chi connectivity index (χ1v) is 6.01. The van der Waals surface area contributed by atoms with Gasteiger partial charge in [0.15, 0.2) is 6.10 Å². The number of carbonyl (C=O) groups is 1. The molecule has 0 fully saturated rings. The second kappa shape index (κ2) is 7.84. The Kier molecular flexibility index (Phi) is 6.39. The number of hydrogen-bond acceptors (Lipinski definition) is 4. The van der Waals surface area contributed by atoms with Crippen LogP contribution in [0, 0.1) is 5.92 Å². The summed E-state index contributed by atoms with van der Waals surface area (Å²) in [5.74, 6) is -0.493. The van der Waals surface area contributed by atoms with Crippen LogP contribution in [0.15, 0.2) is 30.3 Å².